The van der Waals surface area contributed by atoms with Gasteiger partial charge in [0, 0.05) is 42.8 Å². The normalized spacial score (nSPS) is 28.5. The van der Waals surface area contributed by atoms with E-state index in [0.29, 0.717) is 10.0 Å². The van der Waals surface area contributed by atoms with Crippen LogP contribution in [0.1, 0.15) is 56.3 Å². The Labute approximate surface area is 225 Å². The highest BCUT2D eigenvalue weighted by atomic mass is 35.5. The molecular weight excluding hydrogens is 493 g/mol. The molecule has 5 nitrogen and oxygen atoms in total. The number of aldehydes is 1. The molecule has 0 spiro atoms. The van der Waals surface area contributed by atoms with Gasteiger partial charge in [-0.1, -0.05) is 55.3 Å². The Morgan fingerprint density at radius 2 is 2.00 bits per heavy atom. The number of likely N-dealkylation sites (tertiary alicyclic amines) is 1. The summed E-state index contributed by atoms with van der Waals surface area (Å²) in [5, 5.41) is 1.31. The van der Waals surface area contributed by atoms with Crippen molar-refractivity contribution in [1.29, 1.82) is 0 Å². The van der Waals surface area contributed by atoms with Crippen LogP contribution in [0, 0.1) is 5.41 Å². The summed E-state index contributed by atoms with van der Waals surface area (Å²) in [6.45, 7) is 12.7. The van der Waals surface area contributed by atoms with Gasteiger partial charge in [0.15, 0.2) is 0 Å². The number of carbonyl (C=O) groups is 1. The first-order valence-corrected chi connectivity index (χ1v) is 13.7. The number of pyridine rings is 1. The molecule has 2 unspecified atom stereocenters. The number of morpholine rings is 1. The lowest BCUT2D eigenvalue weighted by Crippen LogP contribution is -2.61. The van der Waals surface area contributed by atoms with E-state index in [1.54, 1.807) is 6.20 Å². The van der Waals surface area contributed by atoms with Gasteiger partial charge in [-0.25, -0.2) is 0 Å². The number of allylic oxidation sites excluding steroid dienone is 1. The number of aromatic nitrogens is 1. The van der Waals surface area contributed by atoms with E-state index in [2.05, 4.69) is 42.4 Å². The second kappa shape index (κ2) is 12.2. The molecule has 2 aliphatic heterocycles. The third kappa shape index (κ3) is 5.87. The number of rotatable bonds is 9. The molecule has 0 N–H and O–H groups in total. The summed E-state index contributed by atoms with van der Waals surface area (Å²) < 4.78 is 5.60. The number of hydrogen-bond acceptors (Lipinski definition) is 5. The van der Waals surface area contributed by atoms with Gasteiger partial charge in [0.05, 0.1) is 36.0 Å². The van der Waals surface area contributed by atoms with Gasteiger partial charge in [-0.3, -0.25) is 14.8 Å². The second-order valence-electron chi connectivity index (χ2n) is 10.4. The van der Waals surface area contributed by atoms with Crippen LogP contribution in [-0.2, 0) is 9.53 Å². The minimum atomic E-state index is -0.280. The smallest absolute Gasteiger partial charge is 0.137 e. The lowest BCUT2D eigenvalue weighted by atomic mass is 9.64. The lowest BCUT2D eigenvalue weighted by Gasteiger charge is -2.56. The van der Waals surface area contributed by atoms with Crippen LogP contribution in [0.2, 0.25) is 10.0 Å². The summed E-state index contributed by atoms with van der Waals surface area (Å²) in [6, 6.07) is 11.8. The lowest BCUT2D eigenvalue weighted by molar-refractivity contribution is -0.128. The molecule has 0 radical (unpaired) electrons. The Balaban J connectivity index is 1.86. The third-order valence-corrected chi connectivity index (χ3v) is 8.42. The highest BCUT2D eigenvalue weighted by molar-refractivity contribution is 6.30. The minimum Gasteiger partial charge on any atom is -0.379 e. The summed E-state index contributed by atoms with van der Waals surface area (Å²) in [5.41, 5.74) is 1.81. The molecule has 194 valence electrons. The van der Waals surface area contributed by atoms with Crippen molar-refractivity contribution in [2.75, 3.05) is 32.8 Å². The van der Waals surface area contributed by atoms with Crippen LogP contribution >= 0.6 is 23.2 Å². The van der Waals surface area contributed by atoms with Crippen LogP contribution in [0.4, 0.5) is 0 Å². The largest absolute Gasteiger partial charge is 0.379 e. The molecule has 4 rings (SSSR count). The Kier molecular flexibility index (Phi) is 9.24. The van der Waals surface area contributed by atoms with Gasteiger partial charge in [0.25, 0.3) is 0 Å². The molecule has 0 aliphatic carbocycles. The molecule has 0 saturated carbocycles. The molecular formula is C29H37Cl2N3O2. The summed E-state index contributed by atoms with van der Waals surface area (Å²) in [7, 11) is 0. The van der Waals surface area contributed by atoms with Crippen molar-refractivity contribution in [3.05, 3.63) is 76.6 Å². The third-order valence-electron chi connectivity index (χ3n) is 7.96. The number of piperidine rings is 1. The monoisotopic (exact) mass is 529 g/mol. The predicted octanol–water partition coefficient (Wildman–Crippen LogP) is 6.18. The fourth-order valence-electron chi connectivity index (χ4n) is 6.17. The highest BCUT2D eigenvalue weighted by Gasteiger charge is 2.52. The molecule has 2 fully saturated rings. The van der Waals surface area contributed by atoms with Gasteiger partial charge in [-0.15, -0.1) is 6.58 Å². The SMILES string of the molecule is C=CC[C@@]1(C)C[C@H](c2cccc(Cl)c2)[C@@H](c2ccc(Cl)cn2)N(C(CC)CN2CCOCC2)C1C=O. The Hall–Kier alpha value is -1.76. The van der Waals surface area contributed by atoms with E-state index >= 15 is 0 Å². The standard InChI is InChI=1S/C29H37Cl2N3O2/c1-4-11-29(3)17-25(21-7-6-8-22(30)16-21)28(26-10-9-23(31)18-32-26)34(27(29)20-35)24(5-2)19-33-12-14-36-15-13-33/h4,6-10,16,18,20,24-25,27-28H,1,5,11-15,17,19H2,2-3H3/t24?,25-,27?,28+,29+/m1/s1. The van der Waals surface area contributed by atoms with E-state index in [0.717, 1.165) is 69.7 Å². The van der Waals surface area contributed by atoms with Gasteiger partial charge in [0.1, 0.15) is 6.29 Å². The Morgan fingerprint density at radius 3 is 2.61 bits per heavy atom. The van der Waals surface area contributed by atoms with Crippen molar-refractivity contribution in [3.63, 3.8) is 0 Å². The second-order valence-corrected chi connectivity index (χ2v) is 11.2. The van der Waals surface area contributed by atoms with Crippen LogP contribution in [-0.4, -0.2) is 66.0 Å². The first-order valence-electron chi connectivity index (χ1n) is 12.9. The maximum Gasteiger partial charge on any atom is 0.137 e. The molecule has 7 heteroatoms. The Bertz CT molecular complexity index is 1030. The fraction of sp³-hybridized carbons (Fsp3) is 0.517. The molecule has 2 aliphatic rings. The van der Waals surface area contributed by atoms with E-state index in [1.807, 2.05) is 30.3 Å². The van der Waals surface area contributed by atoms with Gasteiger partial charge in [-0.2, -0.15) is 0 Å². The van der Waals surface area contributed by atoms with Crippen molar-refractivity contribution >= 4 is 29.5 Å². The average molecular weight is 531 g/mol. The summed E-state index contributed by atoms with van der Waals surface area (Å²) in [5.74, 6) is 0.0947. The quantitative estimate of drug-likeness (QED) is 0.286. The molecule has 0 amide bonds. The maximum atomic E-state index is 12.9. The molecule has 2 saturated heterocycles. The van der Waals surface area contributed by atoms with E-state index in [-0.39, 0.29) is 29.5 Å². The number of carbonyl (C=O) groups excluding carboxylic acids is 1. The molecule has 2 aromatic rings. The molecule has 1 aromatic heterocycles. The predicted molar refractivity (Wildman–Crippen MR) is 147 cm³/mol. The Morgan fingerprint density at radius 1 is 1.22 bits per heavy atom. The summed E-state index contributed by atoms with van der Waals surface area (Å²) in [6.07, 6.45) is 7.30. The zero-order valence-corrected chi connectivity index (χ0v) is 22.8. The van der Waals surface area contributed by atoms with Crippen LogP contribution in [0.3, 0.4) is 0 Å². The zero-order chi connectivity index (χ0) is 25.7. The minimum absolute atomic E-state index is 0.0947. The number of halogens is 2. The maximum absolute atomic E-state index is 12.9. The molecule has 0 bridgehead atoms. The number of ether oxygens (including phenoxy) is 1. The van der Waals surface area contributed by atoms with Gasteiger partial charge in [-0.05, 0) is 54.5 Å². The van der Waals surface area contributed by atoms with Crippen molar-refractivity contribution in [2.45, 2.75) is 57.2 Å². The van der Waals surface area contributed by atoms with E-state index in [9.17, 15) is 4.79 Å². The molecule has 36 heavy (non-hydrogen) atoms. The highest BCUT2D eigenvalue weighted by Crippen LogP contribution is 2.54. The van der Waals surface area contributed by atoms with Crippen LogP contribution in [0.15, 0.2) is 55.3 Å². The number of benzene rings is 1. The van der Waals surface area contributed by atoms with E-state index in [1.165, 1.54) is 0 Å². The van der Waals surface area contributed by atoms with Gasteiger partial charge >= 0.3 is 0 Å². The first kappa shape index (κ1) is 27.3. The molecule has 3 heterocycles. The molecule has 5 atom stereocenters. The van der Waals surface area contributed by atoms with E-state index < -0.39 is 0 Å². The zero-order valence-electron chi connectivity index (χ0n) is 21.3. The fourth-order valence-corrected chi connectivity index (χ4v) is 6.48. The van der Waals surface area contributed by atoms with E-state index in [4.69, 9.17) is 32.9 Å². The topological polar surface area (TPSA) is 45.7 Å². The summed E-state index contributed by atoms with van der Waals surface area (Å²) in [4.78, 5) is 22.6. The molecule has 1 aromatic carbocycles. The van der Waals surface area contributed by atoms with Crippen molar-refractivity contribution in [2.24, 2.45) is 5.41 Å². The van der Waals surface area contributed by atoms with Crippen molar-refractivity contribution < 1.29 is 9.53 Å². The van der Waals surface area contributed by atoms with Gasteiger partial charge in [0.2, 0.25) is 0 Å². The first-order chi connectivity index (χ1) is 17.4. The number of hydrogen-bond donors (Lipinski definition) is 0. The number of nitrogens with zero attached hydrogens (tertiary/aromatic N) is 3. The van der Waals surface area contributed by atoms with Crippen molar-refractivity contribution in [3.8, 4) is 0 Å². The van der Waals surface area contributed by atoms with Crippen LogP contribution in [0.25, 0.3) is 0 Å². The van der Waals surface area contributed by atoms with Crippen LogP contribution in [0.5, 0.6) is 0 Å². The van der Waals surface area contributed by atoms with Gasteiger partial charge < -0.3 is 9.53 Å². The average Bonchev–Trinajstić information content (AvgIpc) is 2.88. The van der Waals surface area contributed by atoms with Crippen molar-refractivity contribution in [1.82, 2.24) is 14.8 Å². The summed E-state index contributed by atoms with van der Waals surface area (Å²) >= 11 is 12.7. The van der Waals surface area contributed by atoms with Crippen LogP contribution < -0.4 is 0 Å².